The van der Waals surface area contributed by atoms with Gasteiger partial charge in [0, 0.05) is 31.0 Å². The maximum atomic E-state index is 10.9. The molecule has 0 saturated carbocycles. The first-order valence-electron chi connectivity index (χ1n) is 6.33. The van der Waals surface area contributed by atoms with Crippen LogP contribution in [0.25, 0.3) is 0 Å². The van der Waals surface area contributed by atoms with Crippen LogP contribution >= 0.6 is 0 Å². The van der Waals surface area contributed by atoms with E-state index >= 15 is 0 Å². The van der Waals surface area contributed by atoms with Gasteiger partial charge in [-0.05, 0) is 32.7 Å². The standard InChI is InChI=1S/C12H24N2O2/c1-11(15,10-3-2-5-14-7-10)12(8-13)4-6-16-9-12/h10,14-15H,2-9,13H2,1H3. The van der Waals surface area contributed by atoms with Gasteiger partial charge >= 0.3 is 0 Å². The summed E-state index contributed by atoms with van der Waals surface area (Å²) in [6.45, 7) is 5.76. The van der Waals surface area contributed by atoms with E-state index in [2.05, 4.69) is 5.32 Å². The lowest BCUT2D eigenvalue weighted by Crippen LogP contribution is -2.58. The van der Waals surface area contributed by atoms with Crippen molar-refractivity contribution in [2.75, 3.05) is 32.8 Å². The molecule has 2 heterocycles. The molecule has 2 rings (SSSR count). The topological polar surface area (TPSA) is 67.5 Å². The van der Waals surface area contributed by atoms with Crippen LogP contribution < -0.4 is 11.1 Å². The molecule has 94 valence electrons. The third-order valence-corrected chi connectivity index (χ3v) is 4.66. The van der Waals surface area contributed by atoms with Crippen LogP contribution in [0.4, 0.5) is 0 Å². The van der Waals surface area contributed by atoms with Gasteiger partial charge in [-0.2, -0.15) is 0 Å². The Bertz CT molecular complexity index is 231. The van der Waals surface area contributed by atoms with Crippen LogP contribution in [-0.4, -0.2) is 43.6 Å². The Hall–Kier alpha value is -0.160. The third kappa shape index (κ3) is 1.88. The highest BCUT2D eigenvalue weighted by Gasteiger charge is 2.52. The fraction of sp³-hybridized carbons (Fsp3) is 1.00. The zero-order chi connectivity index (χ0) is 11.6. The van der Waals surface area contributed by atoms with Gasteiger partial charge in [0.25, 0.3) is 0 Å². The maximum Gasteiger partial charge on any atom is 0.0750 e. The second-order valence-electron chi connectivity index (χ2n) is 5.48. The smallest absolute Gasteiger partial charge is 0.0750 e. The quantitative estimate of drug-likeness (QED) is 0.641. The first-order chi connectivity index (χ1) is 7.62. The molecule has 0 aliphatic carbocycles. The second-order valence-corrected chi connectivity index (χ2v) is 5.48. The summed E-state index contributed by atoms with van der Waals surface area (Å²) in [5, 5.41) is 14.3. The van der Waals surface area contributed by atoms with Crippen molar-refractivity contribution in [2.24, 2.45) is 17.1 Å². The lowest BCUT2D eigenvalue weighted by Gasteiger charge is -2.47. The summed E-state index contributed by atoms with van der Waals surface area (Å²) in [4.78, 5) is 0. The van der Waals surface area contributed by atoms with E-state index in [9.17, 15) is 5.11 Å². The van der Waals surface area contributed by atoms with E-state index in [4.69, 9.17) is 10.5 Å². The van der Waals surface area contributed by atoms with Crippen molar-refractivity contribution in [1.29, 1.82) is 0 Å². The minimum Gasteiger partial charge on any atom is -0.389 e. The molecule has 2 aliphatic rings. The number of ether oxygens (including phenoxy) is 1. The number of piperidine rings is 1. The van der Waals surface area contributed by atoms with E-state index in [1.807, 2.05) is 6.92 Å². The Balaban J connectivity index is 2.14. The SMILES string of the molecule is CC(O)(C1CCCNC1)C1(CN)CCOC1. The molecule has 0 amide bonds. The van der Waals surface area contributed by atoms with Crippen LogP contribution in [0, 0.1) is 11.3 Å². The predicted octanol–water partition coefficient (Wildman–Crippen LogP) is 0.102. The van der Waals surface area contributed by atoms with Gasteiger partial charge in [-0.15, -0.1) is 0 Å². The van der Waals surface area contributed by atoms with E-state index in [-0.39, 0.29) is 5.41 Å². The normalized spacial score (nSPS) is 39.6. The summed E-state index contributed by atoms with van der Waals surface area (Å²) in [7, 11) is 0. The molecule has 0 aromatic rings. The first-order valence-corrected chi connectivity index (χ1v) is 6.33. The molecule has 4 N–H and O–H groups in total. The van der Waals surface area contributed by atoms with Crippen LogP contribution in [0.15, 0.2) is 0 Å². The van der Waals surface area contributed by atoms with E-state index in [1.165, 1.54) is 0 Å². The van der Waals surface area contributed by atoms with Crippen molar-refractivity contribution in [3.63, 3.8) is 0 Å². The largest absolute Gasteiger partial charge is 0.389 e. The third-order valence-electron chi connectivity index (χ3n) is 4.66. The molecular weight excluding hydrogens is 204 g/mol. The fourth-order valence-corrected chi connectivity index (χ4v) is 3.14. The molecule has 0 spiro atoms. The molecule has 2 aliphatic heterocycles. The second kappa shape index (κ2) is 4.61. The Morgan fingerprint density at radius 2 is 2.44 bits per heavy atom. The lowest BCUT2D eigenvalue weighted by atomic mass is 9.64. The van der Waals surface area contributed by atoms with Gasteiger partial charge in [0.15, 0.2) is 0 Å². The number of hydrogen-bond donors (Lipinski definition) is 3. The van der Waals surface area contributed by atoms with Crippen LogP contribution in [-0.2, 0) is 4.74 Å². The molecular formula is C12H24N2O2. The van der Waals surface area contributed by atoms with Gasteiger partial charge in [0.05, 0.1) is 12.2 Å². The van der Waals surface area contributed by atoms with Crippen molar-refractivity contribution in [2.45, 2.75) is 31.8 Å². The van der Waals surface area contributed by atoms with Gasteiger partial charge in [0.2, 0.25) is 0 Å². The van der Waals surface area contributed by atoms with Crippen LogP contribution in [0.2, 0.25) is 0 Å². The molecule has 2 fully saturated rings. The number of nitrogens with two attached hydrogens (primary N) is 1. The monoisotopic (exact) mass is 228 g/mol. The summed E-state index contributed by atoms with van der Waals surface area (Å²) in [5.41, 5.74) is 4.95. The Labute approximate surface area is 97.5 Å². The van der Waals surface area contributed by atoms with Crippen molar-refractivity contribution in [1.82, 2.24) is 5.32 Å². The molecule has 3 atom stereocenters. The van der Waals surface area contributed by atoms with Crippen molar-refractivity contribution < 1.29 is 9.84 Å². The minimum absolute atomic E-state index is 0.239. The molecule has 4 heteroatoms. The van der Waals surface area contributed by atoms with Crippen LogP contribution in [0.1, 0.15) is 26.2 Å². The highest BCUT2D eigenvalue weighted by molar-refractivity contribution is 5.03. The molecule has 3 unspecified atom stereocenters. The summed E-state index contributed by atoms with van der Waals surface area (Å²) >= 11 is 0. The molecule has 0 radical (unpaired) electrons. The van der Waals surface area contributed by atoms with Gasteiger partial charge in [-0.3, -0.25) is 0 Å². The minimum atomic E-state index is -0.717. The van der Waals surface area contributed by atoms with Crippen molar-refractivity contribution in [3.05, 3.63) is 0 Å². The maximum absolute atomic E-state index is 10.9. The number of rotatable bonds is 3. The summed E-state index contributed by atoms with van der Waals surface area (Å²) < 4.78 is 5.47. The van der Waals surface area contributed by atoms with Gasteiger partial charge in [-0.25, -0.2) is 0 Å². The Morgan fingerprint density at radius 1 is 1.62 bits per heavy atom. The summed E-state index contributed by atoms with van der Waals surface area (Å²) in [6, 6.07) is 0. The van der Waals surface area contributed by atoms with E-state index < -0.39 is 5.60 Å². The zero-order valence-electron chi connectivity index (χ0n) is 10.2. The van der Waals surface area contributed by atoms with Crippen LogP contribution in [0.5, 0.6) is 0 Å². The van der Waals surface area contributed by atoms with E-state index in [0.29, 0.717) is 19.1 Å². The number of hydrogen-bond acceptors (Lipinski definition) is 4. The number of aliphatic hydroxyl groups is 1. The Morgan fingerprint density at radius 3 is 2.94 bits per heavy atom. The molecule has 0 aromatic carbocycles. The Kier molecular flexibility index (Phi) is 3.54. The van der Waals surface area contributed by atoms with Gasteiger partial charge < -0.3 is 20.9 Å². The average molecular weight is 228 g/mol. The van der Waals surface area contributed by atoms with Gasteiger partial charge in [-0.1, -0.05) is 0 Å². The zero-order valence-corrected chi connectivity index (χ0v) is 10.2. The lowest BCUT2D eigenvalue weighted by molar-refractivity contribution is -0.115. The molecule has 4 nitrogen and oxygen atoms in total. The summed E-state index contributed by atoms with van der Waals surface area (Å²) in [5.74, 6) is 0.298. The highest BCUT2D eigenvalue weighted by Crippen LogP contribution is 2.44. The molecule has 0 aromatic heterocycles. The highest BCUT2D eigenvalue weighted by atomic mass is 16.5. The molecule has 0 bridgehead atoms. The summed E-state index contributed by atoms with van der Waals surface area (Å²) in [6.07, 6.45) is 3.11. The van der Waals surface area contributed by atoms with E-state index in [1.54, 1.807) is 0 Å². The predicted molar refractivity (Wildman–Crippen MR) is 63.1 cm³/mol. The van der Waals surface area contributed by atoms with Gasteiger partial charge in [0.1, 0.15) is 0 Å². The molecule has 16 heavy (non-hydrogen) atoms. The fourth-order valence-electron chi connectivity index (χ4n) is 3.14. The van der Waals surface area contributed by atoms with Crippen molar-refractivity contribution >= 4 is 0 Å². The van der Waals surface area contributed by atoms with Crippen molar-refractivity contribution in [3.8, 4) is 0 Å². The van der Waals surface area contributed by atoms with Crippen LogP contribution in [0.3, 0.4) is 0 Å². The number of nitrogens with one attached hydrogen (secondary N) is 1. The average Bonchev–Trinajstić information content (AvgIpc) is 2.80. The first kappa shape index (κ1) is 12.3. The van der Waals surface area contributed by atoms with E-state index in [0.717, 1.165) is 39.0 Å². The molecule has 2 saturated heterocycles.